The second-order valence-electron chi connectivity index (χ2n) is 5.38. The van der Waals surface area contributed by atoms with E-state index in [1.165, 1.54) is 23.8 Å². The molecule has 9 nitrogen and oxygen atoms in total. The zero-order valence-corrected chi connectivity index (χ0v) is 11.7. The smallest absolute Gasteiger partial charge is 0.217 e. The van der Waals surface area contributed by atoms with E-state index < -0.39 is 30.5 Å². The second-order valence-corrected chi connectivity index (χ2v) is 5.38. The quantitative estimate of drug-likeness (QED) is 0.545. The molecule has 1 aliphatic rings. The number of nitrogens with zero attached hydrogens (tertiary/aromatic N) is 4. The molecule has 0 bridgehead atoms. The highest BCUT2D eigenvalue weighted by atomic mass is 16.6. The Kier molecular flexibility index (Phi) is 3.26. The lowest BCUT2D eigenvalue weighted by Crippen LogP contribution is -2.43. The molecule has 1 saturated heterocycles. The number of hydrogen-bond acceptors (Lipinski definition) is 7. The third-order valence-corrected chi connectivity index (χ3v) is 3.95. The van der Waals surface area contributed by atoms with Crippen molar-refractivity contribution in [2.75, 3.05) is 12.3 Å². The van der Waals surface area contributed by atoms with Gasteiger partial charge in [-0.15, -0.1) is 0 Å². The van der Waals surface area contributed by atoms with Gasteiger partial charge in [0.2, 0.25) is 5.69 Å². The monoisotopic (exact) mass is 305 g/mol. The molecule has 0 aromatic carbocycles. The molecule has 1 aliphatic heterocycles. The average molecular weight is 305 g/mol. The topological polar surface area (TPSA) is 130 Å². The molecule has 2 aromatic heterocycles. The molecule has 4 atom stereocenters. The highest BCUT2D eigenvalue weighted by molar-refractivity contribution is 5.83. The van der Waals surface area contributed by atoms with Crippen LogP contribution in [-0.2, 0) is 4.74 Å². The van der Waals surface area contributed by atoms with Gasteiger partial charge in [-0.1, -0.05) is 0 Å². The van der Waals surface area contributed by atoms with Crippen LogP contribution in [0.5, 0.6) is 0 Å². The fraction of sp³-hybridized carbons (Fsp3) is 0.462. The standard InChI is InChI=1S/C13H15N5O4/c1-13(21)10(20)8(4-19)22-11(13)7-3-6(15-2)9-12(14)16-5-17-18(7)9/h3,5,8,10-11,19-21H,4H2,1H3,(H2,14,16,17)/t8-,10-,11+,13-/m1/s1. The summed E-state index contributed by atoms with van der Waals surface area (Å²) >= 11 is 0. The molecule has 1 fully saturated rings. The van der Waals surface area contributed by atoms with Gasteiger partial charge in [0.1, 0.15) is 41.6 Å². The average Bonchev–Trinajstić information content (AvgIpc) is 2.97. The van der Waals surface area contributed by atoms with Gasteiger partial charge in [-0.3, -0.25) is 0 Å². The number of nitrogen functional groups attached to an aromatic ring is 1. The number of fused-ring (bicyclic) bond motifs is 1. The molecule has 3 heterocycles. The summed E-state index contributed by atoms with van der Waals surface area (Å²) in [5.74, 6) is 0.129. The van der Waals surface area contributed by atoms with Gasteiger partial charge in [0.15, 0.2) is 0 Å². The van der Waals surface area contributed by atoms with E-state index in [-0.39, 0.29) is 11.5 Å². The predicted molar refractivity (Wildman–Crippen MR) is 75.0 cm³/mol. The maximum absolute atomic E-state index is 10.5. The highest BCUT2D eigenvalue weighted by Gasteiger charge is 2.53. The summed E-state index contributed by atoms with van der Waals surface area (Å²) < 4.78 is 6.92. The van der Waals surface area contributed by atoms with Crippen molar-refractivity contribution >= 4 is 17.0 Å². The van der Waals surface area contributed by atoms with Crippen molar-refractivity contribution in [2.45, 2.75) is 30.8 Å². The van der Waals surface area contributed by atoms with Crippen LogP contribution in [0.3, 0.4) is 0 Å². The number of rotatable bonds is 2. The molecule has 3 rings (SSSR count). The van der Waals surface area contributed by atoms with Crippen molar-refractivity contribution < 1.29 is 20.1 Å². The van der Waals surface area contributed by atoms with Crippen LogP contribution >= 0.6 is 0 Å². The van der Waals surface area contributed by atoms with Crippen LogP contribution in [0.4, 0.5) is 11.5 Å². The Morgan fingerprint density at radius 2 is 2.32 bits per heavy atom. The summed E-state index contributed by atoms with van der Waals surface area (Å²) in [5, 5.41) is 33.9. The Morgan fingerprint density at radius 1 is 1.59 bits per heavy atom. The maximum Gasteiger partial charge on any atom is 0.217 e. The van der Waals surface area contributed by atoms with Crippen molar-refractivity contribution in [1.82, 2.24) is 14.6 Å². The summed E-state index contributed by atoms with van der Waals surface area (Å²) in [4.78, 5) is 7.23. The van der Waals surface area contributed by atoms with E-state index in [0.29, 0.717) is 11.2 Å². The zero-order valence-electron chi connectivity index (χ0n) is 11.7. The molecule has 0 spiro atoms. The van der Waals surface area contributed by atoms with E-state index in [9.17, 15) is 15.3 Å². The zero-order chi connectivity index (χ0) is 16.1. The van der Waals surface area contributed by atoms with Gasteiger partial charge in [-0.05, 0) is 13.0 Å². The lowest BCUT2D eigenvalue weighted by atomic mass is 9.91. The summed E-state index contributed by atoms with van der Waals surface area (Å²) in [7, 11) is 0. The van der Waals surface area contributed by atoms with E-state index in [0.717, 1.165) is 0 Å². The number of anilines is 1. The van der Waals surface area contributed by atoms with Crippen LogP contribution < -0.4 is 5.73 Å². The van der Waals surface area contributed by atoms with E-state index in [1.807, 2.05) is 0 Å². The fourth-order valence-electron chi connectivity index (χ4n) is 2.77. The molecule has 0 aliphatic carbocycles. The van der Waals surface area contributed by atoms with Crippen molar-refractivity contribution in [3.8, 4) is 0 Å². The summed E-state index contributed by atoms with van der Waals surface area (Å²) in [6.45, 7) is 8.19. The van der Waals surface area contributed by atoms with Gasteiger partial charge in [0.05, 0.1) is 18.9 Å². The van der Waals surface area contributed by atoms with E-state index >= 15 is 0 Å². The Bertz CT molecular complexity index is 766. The Balaban J connectivity index is 2.20. The highest BCUT2D eigenvalue weighted by Crippen LogP contribution is 2.43. The number of aromatic nitrogens is 3. The number of aliphatic hydroxyl groups excluding tert-OH is 2. The molecule has 0 unspecified atom stereocenters. The fourth-order valence-corrected chi connectivity index (χ4v) is 2.77. The largest absolute Gasteiger partial charge is 0.394 e. The van der Waals surface area contributed by atoms with E-state index in [4.69, 9.17) is 17.0 Å². The Labute approximate surface area is 125 Å². The second kappa shape index (κ2) is 4.89. The van der Waals surface area contributed by atoms with Crippen LogP contribution in [0.25, 0.3) is 10.4 Å². The lowest BCUT2D eigenvalue weighted by Gasteiger charge is -2.26. The van der Waals surface area contributed by atoms with Gasteiger partial charge in [-0.2, -0.15) is 5.10 Å². The van der Waals surface area contributed by atoms with Crippen LogP contribution in [0.2, 0.25) is 0 Å². The normalized spacial score (nSPS) is 31.5. The Hall–Kier alpha value is -2.25. The minimum absolute atomic E-state index is 0.129. The first-order chi connectivity index (χ1) is 10.4. The van der Waals surface area contributed by atoms with Gasteiger partial charge < -0.3 is 25.8 Å². The molecule has 0 amide bonds. The minimum Gasteiger partial charge on any atom is -0.394 e. The van der Waals surface area contributed by atoms with Crippen LogP contribution in [0.1, 0.15) is 18.7 Å². The van der Waals surface area contributed by atoms with Gasteiger partial charge in [-0.25, -0.2) is 14.3 Å². The third-order valence-electron chi connectivity index (χ3n) is 3.95. The molecule has 5 N–H and O–H groups in total. The third kappa shape index (κ3) is 1.86. The first-order valence-electron chi connectivity index (χ1n) is 6.58. The molecular formula is C13H15N5O4. The van der Waals surface area contributed by atoms with Crippen molar-refractivity contribution in [2.24, 2.45) is 0 Å². The maximum atomic E-state index is 10.5. The first kappa shape index (κ1) is 14.7. The SMILES string of the molecule is [C-]#[N+]c1cc([C@@H]2O[C@H](CO)[C@@H](O)[C@@]2(C)O)n2ncnc(N)c12. The first-order valence-corrected chi connectivity index (χ1v) is 6.58. The number of hydrogen-bond donors (Lipinski definition) is 4. The van der Waals surface area contributed by atoms with Gasteiger partial charge in [0.25, 0.3) is 0 Å². The number of aliphatic hydroxyl groups is 3. The number of nitrogens with two attached hydrogens (primary N) is 1. The molecule has 0 saturated carbocycles. The molecule has 22 heavy (non-hydrogen) atoms. The van der Waals surface area contributed by atoms with Crippen molar-refractivity contribution in [3.63, 3.8) is 0 Å². The van der Waals surface area contributed by atoms with Crippen molar-refractivity contribution in [1.29, 1.82) is 0 Å². The van der Waals surface area contributed by atoms with Crippen LogP contribution in [0.15, 0.2) is 12.4 Å². The number of ether oxygens (including phenoxy) is 1. The minimum atomic E-state index is -1.65. The van der Waals surface area contributed by atoms with Gasteiger partial charge >= 0.3 is 0 Å². The molecule has 116 valence electrons. The predicted octanol–water partition coefficient (Wildman–Crippen LogP) is -0.594. The molecule has 9 heteroatoms. The summed E-state index contributed by atoms with van der Waals surface area (Å²) in [6.07, 6.45) is -1.95. The van der Waals surface area contributed by atoms with E-state index in [2.05, 4.69) is 14.9 Å². The van der Waals surface area contributed by atoms with Gasteiger partial charge in [0, 0.05) is 0 Å². The van der Waals surface area contributed by atoms with Crippen molar-refractivity contribution in [3.05, 3.63) is 29.5 Å². The van der Waals surface area contributed by atoms with Crippen LogP contribution in [0, 0.1) is 6.57 Å². The molecular weight excluding hydrogens is 290 g/mol. The molecule has 2 aromatic rings. The lowest BCUT2D eigenvalue weighted by molar-refractivity contribution is -0.0664. The summed E-state index contributed by atoms with van der Waals surface area (Å²) in [5.41, 5.74) is 5.02. The van der Waals surface area contributed by atoms with E-state index in [1.54, 1.807) is 0 Å². The summed E-state index contributed by atoms with van der Waals surface area (Å²) in [6, 6.07) is 1.49. The van der Waals surface area contributed by atoms with Crippen LogP contribution in [-0.4, -0.2) is 54.3 Å². The molecule has 0 radical (unpaired) electrons. The Morgan fingerprint density at radius 3 is 2.91 bits per heavy atom.